The number of aliphatic hydroxyl groups excluding tert-OH is 2. The Labute approximate surface area is 273 Å². The second kappa shape index (κ2) is 11.5. The molecule has 3 aliphatic heterocycles. The Morgan fingerprint density at radius 3 is 2.23 bits per heavy atom. The summed E-state index contributed by atoms with van der Waals surface area (Å²) >= 11 is 0. The molecule has 2 aromatic carbocycles. The third-order valence-corrected chi connectivity index (χ3v) is 9.39. The number of hydrogen-bond acceptors (Lipinski definition) is 14. The topological polar surface area (TPSA) is 212 Å². The molecule has 0 radical (unpaired) electrons. The van der Waals surface area contributed by atoms with Gasteiger partial charge in [0, 0.05) is 43.2 Å². The number of rotatable bonds is 6. The number of phenolic OH excluding ortho intramolecular Hbond substituents is 2. The normalized spacial score (nSPS) is 29.1. The van der Waals surface area contributed by atoms with E-state index in [0.717, 1.165) is 6.92 Å². The van der Waals surface area contributed by atoms with Crippen molar-refractivity contribution in [1.82, 2.24) is 0 Å². The zero-order chi connectivity index (χ0) is 34.9. The Morgan fingerprint density at radius 2 is 1.60 bits per heavy atom. The lowest BCUT2D eigenvalue weighted by Gasteiger charge is -2.47. The molecule has 6 unspecified atom stereocenters. The summed E-state index contributed by atoms with van der Waals surface area (Å²) in [7, 11) is 0. The molecule has 48 heavy (non-hydrogen) atoms. The number of carbonyl (C=O) groups is 5. The van der Waals surface area contributed by atoms with Crippen LogP contribution in [0.2, 0.25) is 0 Å². The first-order valence-electron chi connectivity index (χ1n) is 15.4. The molecule has 1 saturated heterocycles. The fourth-order valence-corrected chi connectivity index (χ4v) is 7.40. The molecule has 2 aromatic rings. The summed E-state index contributed by atoms with van der Waals surface area (Å²) in [6.07, 6.45) is -2.74. The molecular formula is C34H34O14. The summed E-state index contributed by atoms with van der Waals surface area (Å²) in [4.78, 5) is 63.2. The summed E-state index contributed by atoms with van der Waals surface area (Å²) in [6.45, 7) is 4.36. The highest BCUT2D eigenvalue weighted by atomic mass is 16.6. The van der Waals surface area contributed by atoms with Crippen LogP contribution in [-0.4, -0.2) is 86.5 Å². The van der Waals surface area contributed by atoms with Gasteiger partial charge in [0.15, 0.2) is 23.3 Å². The second-order valence-corrected chi connectivity index (χ2v) is 12.8. The smallest absolute Gasteiger partial charge is 0.306 e. The van der Waals surface area contributed by atoms with Crippen LogP contribution in [0.4, 0.5) is 0 Å². The van der Waals surface area contributed by atoms with Crippen LogP contribution in [0.3, 0.4) is 0 Å². The molecule has 1 aliphatic carbocycles. The van der Waals surface area contributed by atoms with E-state index in [4.69, 9.17) is 23.7 Å². The molecule has 4 aliphatic rings. The number of cyclic esters (lactones) is 1. The van der Waals surface area contributed by atoms with Gasteiger partial charge in [0.1, 0.15) is 52.6 Å². The summed E-state index contributed by atoms with van der Waals surface area (Å²) in [6, 6.07) is 5.28. The number of ketones is 2. The van der Waals surface area contributed by atoms with Crippen molar-refractivity contribution >= 4 is 35.2 Å². The zero-order valence-corrected chi connectivity index (χ0v) is 26.5. The third kappa shape index (κ3) is 4.93. The number of fused-ring (bicyclic) bond motifs is 3. The maximum absolute atomic E-state index is 13.7. The molecule has 254 valence electrons. The highest BCUT2D eigenvalue weighted by Crippen LogP contribution is 2.55. The van der Waals surface area contributed by atoms with Gasteiger partial charge in [0.2, 0.25) is 5.60 Å². The molecule has 4 N–H and O–H groups in total. The minimum absolute atomic E-state index is 0.0223. The van der Waals surface area contributed by atoms with Crippen molar-refractivity contribution in [1.29, 1.82) is 0 Å². The van der Waals surface area contributed by atoms with Crippen LogP contribution in [0, 0.1) is 11.8 Å². The fraction of sp³-hybridized carbons (Fsp3) is 0.441. The minimum atomic E-state index is -1.97. The van der Waals surface area contributed by atoms with Gasteiger partial charge >= 0.3 is 17.9 Å². The van der Waals surface area contributed by atoms with Crippen LogP contribution in [0.1, 0.15) is 62.9 Å². The van der Waals surface area contributed by atoms with Gasteiger partial charge in [-0.15, -0.1) is 0 Å². The Kier molecular flexibility index (Phi) is 7.89. The van der Waals surface area contributed by atoms with Crippen molar-refractivity contribution in [3.8, 4) is 34.1 Å². The van der Waals surface area contributed by atoms with E-state index < -0.39 is 102 Å². The van der Waals surface area contributed by atoms with Crippen molar-refractivity contribution < 1.29 is 68.1 Å². The van der Waals surface area contributed by atoms with Crippen molar-refractivity contribution in [2.24, 2.45) is 11.8 Å². The van der Waals surface area contributed by atoms with Gasteiger partial charge in [-0.1, -0.05) is 13.8 Å². The first-order chi connectivity index (χ1) is 22.6. The molecule has 14 heteroatoms. The molecule has 6 atom stereocenters. The van der Waals surface area contributed by atoms with Gasteiger partial charge in [0.05, 0.1) is 25.0 Å². The average molecular weight is 667 g/mol. The van der Waals surface area contributed by atoms with Crippen LogP contribution in [0.25, 0.3) is 16.9 Å². The lowest BCUT2D eigenvalue weighted by atomic mass is 9.69. The highest BCUT2D eigenvalue weighted by molar-refractivity contribution is 6.08. The van der Waals surface area contributed by atoms with Crippen LogP contribution in [0.5, 0.6) is 23.0 Å². The number of aromatic hydroxyl groups is 2. The van der Waals surface area contributed by atoms with Gasteiger partial charge in [-0.05, 0) is 24.3 Å². The van der Waals surface area contributed by atoms with Gasteiger partial charge in [0.25, 0.3) is 0 Å². The third-order valence-electron chi connectivity index (χ3n) is 9.39. The number of ether oxygens (including phenoxy) is 5. The van der Waals surface area contributed by atoms with Crippen molar-refractivity contribution in [3.05, 3.63) is 41.0 Å². The average Bonchev–Trinajstić information content (AvgIpc) is 3.36. The molecule has 14 nitrogen and oxygen atoms in total. The number of aliphatic hydroxyl groups is 2. The second-order valence-electron chi connectivity index (χ2n) is 12.8. The van der Waals surface area contributed by atoms with Gasteiger partial charge in [-0.2, -0.15) is 0 Å². The van der Waals surface area contributed by atoms with E-state index >= 15 is 0 Å². The van der Waals surface area contributed by atoms with E-state index in [1.807, 2.05) is 0 Å². The molecule has 0 amide bonds. The number of benzene rings is 2. The summed E-state index contributed by atoms with van der Waals surface area (Å²) in [5, 5.41) is 44.6. The Morgan fingerprint density at radius 1 is 0.896 bits per heavy atom. The number of carbonyl (C=O) groups excluding carboxylic acids is 5. The largest absolute Gasteiger partial charge is 0.507 e. The maximum Gasteiger partial charge on any atom is 0.306 e. The standard InChI is InChI=1S/C34H34O14/c1-14-9-21(39)27-29(43)26-23(47-34(27,12-35)32(14)45-17(4)37)8-6-18(28(26)42)19-5-7-20(38)25-22(40)11-33(48-30(19)25,13-44-16(3)36)31-15(2)10-24(41)46-31/h5-8,14-15,31-32,35,38,42-43H,9-13H2,1-4H3. The number of esters is 3. The number of Topliss-reactive ketones (excluding diaryl/α,β-unsaturated/α-hetero) is 2. The molecule has 2 fully saturated rings. The van der Waals surface area contributed by atoms with Crippen LogP contribution in [-0.2, 0) is 33.4 Å². The molecule has 1 saturated carbocycles. The van der Waals surface area contributed by atoms with Gasteiger partial charge in [-0.3, -0.25) is 24.0 Å². The first kappa shape index (κ1) is 32.8. The van der Waals surface area contributed by atoms with Crippen LogP contribution >= 0.6 is 0 Å². The first-order valence-corrected chi connectivity index (χ1v) is 15.4. The number of hydrogen-bond donors (Lipinski definition) is 4. The van der Waals surface area contributed by atoms with Crippen molar-refractivity contribution in [2.45, 2.75) is 70.4 Å². The predicted octanol–water partition coefficient (Wildman–Crippen LogP) is 2.92. The van der Waals surface area contributed by atoms with Crippen LogP contribution < -0.4 is 9.47 Å². The zero-order valence-electron chi connectivity index (χ0n) is 26.5. The van der Waals surface area contributed by atoms with E-state index in [1.54, 1.807) is 13.8 Å². The Hall–Kier alpha value is -5.11. The minimum Gasteiger partial charge on any atom is -0.507 e. The lowest BCUT2D eigenvalue weighted by Crippen LogP contribution is -2.62. The van der Waals surface area contributed by atoms with E-state index in [2.05, 4.69) is 0 Å². The Bertz CT molecular complexity index is 1810. The van der Waals surface area contributed by atoms with E-state index in [9.17, 15) is 44.4 Å². The van der Waals surface area contributed by atoms with Crippen molar-refractivity contribution in [2.75, 3.05) is 13.2 Å². The molecule has 3 heterocycles. The maximum atomic E-state index is 13.7. The van der Waals surface area contributed by atoms with Crippen LogP contribution in [0.15, 0.2) is 29.8 Å². The molecule has 0 aromatic heterocycles. The fourth-order valence-electron chi connectivity index (χ4n) is 7.40. The quantitative estimate of drug-likeness (QED) is 0.258. The van der Waals surface area contributed by atoms with Gasteiger partial charge in [-0.25, -0.2) is 0 Å². The summed E-state index contributed by atoms with van der Waals surface area (Å²) in [5.74, 6) is -6.28. The summed E-state index contributed by atoms with van der Waals surface area (Å²) < 4.78 is 28.9. The monoisotopic (exact) mass is 666 g/mol. The van der Waals surface area contributed by atoms with Crippen molar-refractivity contribution in [3.63, 3.8) is 0 Å². The summed E-state index contributed by atoms with van der Waals surface area (Å²) in [5.41, 5.74) is -4.58. The number of phenols is 2. The molecule has 0 bridgehead atoms. The molecular weight excluding hydrogens is 632 g/mol. The molecule has 6 rings (SSSR count). The predicted molar refractivity (Wildman–Crippen MR) is 162 cm³/mol. The van der Waals surface area contributed by atoms with E-state index in [0.29, 0.717) is 0 Å². The Balaban J connectivity index is 1.52. The lowest BCUT2D eigenvalue weighted by molar-refractivity contribution is -0.172. The SMILES string of the molecule is CC(=O)OCC1(C2OC(=O)CC2C)CC(=O)c2c(O)ccc(-c3ccc4c(c3O)C(O)=C3C(=O)CC(C)C(OC(C)=O)C3(CO)O4)c2O1. The van der Waals surface area contributed by atoms with E-state index in [-0.39, 0.29) is 52.2 Å². The van der Waals surface area contributed by atoms with E-state index in [1.165, 1.54) is 31.2 Å². The van der Waals surface area contributed by atoms with Gasteiger partial charge < -0.3 is 44.1 Å². The highest BCUT2D eigenvalue weighted by Gasteiger charge is 2.59. The molecule has 0 spiro atoms.